The summed E-state index contributed by atoms with van der Waals surface area (Å²) >= 11 is 0. The second kappa shape index (κ2) is 60.5. The lowest BCUT2D eigenvalue weighted by molar-refractivity contribution is -0.870. The Morgan fingerprint density at radius 3 is 1.10 bits per heavy atom. The molecule has 1 amide bonds. The molecule has 0 aliphatic carbocycles. The quantitative estimate of drug-likeness (QED) is 0.0243. The molecule has 0 aromatic rings. The number of aliphatic hydroxyl groups excluding tert-OH is 1. The van der Waals surface area contributed by atoms with Crippen LogP contribution in [0.3, 0.4) is 0 Å². The number of rotatable bonds is 59. The van der Waals surface area contributed by atoms with Crippen LogP contribution in [0.15, 0.2) is 122 Å². The van der Waals surface area contributed by atoms with Crippen molar-refractivity contribution >= 4 is 13.7 Å². The minimum atomic E-state index is -4.34. The fourth-order valence-corrected chi connectivity index (χ4v) is 9.87. The minimum absolute atomic E-state index is 0.0659. The fourth-order valence-electron chi connectivity index (χ4n) is 9.13. The van der Waals surface area contributed by atoms with Gasteiger partial charge in [-0.1, -0.05) is 296 Å². The molecule has 0 radical (unpaired) electrons. The van der Waals surface area contributed by atoms with Crippen molar-refractivity contribution in [2.24, 2.45) is 0 Å². The number of allylic oxidation sites excluding steroid dienone is 20. The summed E-state index contributed by atoms with van der Waals surface area (Å²) in [7, 11) is 1.59. The third-order valence-electron chi connectivity index (χ3n) is 14.2. The van der Waals surface area contributed by atoms with Crippen molar-refractivity contribution in [1.29, 1.82) is 0 Å². The first-order chi connectivity index (χ1) is 39.0. The van der Waals surface area contributed by atoms with E-state index in [1.54, 1.807) is 0 Å². The summed E-state index contributed by atoms with van der Waals surface area (Å²) in [6.07, 6.45) is 89.9. The van der Waals surface area contributed by atoms with E-state index >= 15 is 0 Å². The minimum Gasteiger partial charge on any atom is -0.391 e. The number of hydrogen-bond donors (Lipinski definition) is 3. The van der Waals surface area contributed by atoms with E-state index in [-0.39, 0.29) is 19.1 Å². The molecule has 0 aliphatic rings. The number of phosphoric acid groups is 1. The zero-order chi connectivity index (χ0) is 58.4. The summed E-state index contributed by atoms with van der Waals surface area (Å²) in [5, 5.41) is 14.1. The third kappa shape index (κ3) is 62.5. The lowest BCUT2D eigenvalue weighted by atomic mass is 10.0. The van der Waals surface area contributed by atoms with Gasteiger partial charge in [0.15, 0.2) is 0 Å². The molecule has 460 valence electrons. The molecule has 0 saturated heterocycles. The normalized spacial score (nSPS) is 14.5. The summed E-state index contributed by atoms with van der Waals surface area (Å²) < 4.78 is 23.8. The highest BCUT2D eigenvalue weighted by Crippen LogP contribution is 2.43. The van der Waals surface area contributed by atoms with Crippen molar-refractivity contribution < 1.29 is 32.9 Å². The number of aliphatic hydroxyl groups is 1. The van der Waals surface area contributed by atoms with Crippen molar-refractivity contribution in [2.75, 3.05) is 40.9 Å². The number of carbonyl (C=O) groups excluding carboxylic acids is 1. The summed E-state index contributed by atoms with van der Waals surface area (Å²) in [4.78, 5) is 23.4. The molecule has 0 spiro atoms. The van der Waals surface area contributed by atoms with E-state index < -0.39 is 20.0 Å². The van der Waals surface area contributed by atoms with Gasteiger partial charge < -0.3 is 19.8 Å². The van der Waals surface area contributed by atoms with E-state index in [0.29, 0.717) is 23.9 Å². The number of hydrogen-bond acceptors (Lipinski definition) is 5. The molecule has 0 bridgehead atoms. The lowest BCUT2D eigenvalue weighted by Crippen LogP contribution is -2.46. The van der Waals surface area contributed by atoms with Crippen molar-refractivity contribution in [3.05, 3.63) is 122 Å². The van der Waals surface area contributed by atoms with Crippen molar-refractivity contribution in [1.82, 2.24) is 5.32 Å². The van der Waals surface area contributed by atoms with Crippen LogP contribution in [0.25, 0.3) is 0 Å². The first-order valence-corrected chi connectivity index (χ1v) is 34.4. The highest BCUT2D eigenvalue weighted by atomic mass is 31.2. The predicted molar refractivity (Wildman–Crippen MR) is 350 cm³/mol. The highest BCUT2D eigenvalue weighted by molar-refractivity contribution is 7.47. The smallest absolute Gasteiger partial charge is 0.391 e. The summed E-state index contributed by atoms with van der Waals surface area (Å²) in [5.74, 6) is -0.161. The number of nitrogens with zero attached hydrogens (tertiary/aromatic N) is 1. The molecule has 3 unspecified atom stereocenters. The molecule has 0 heterocycles. The van der Waals surface area contributed by atoms with Crippen LogP contribution < -0.4 is 5.32 Å². The monoisotopic (exact) mass is 1130 g/mol. The number of nitrogens with one attached hydrogen (secondary N) is 1. The molecule has 3 N–H and O–H groups in total. The molecule has 3 atom stereocenters. The van der Waals surface area contributed by atoms with E-state index in [1.165, 1.54) is 128 Å². The molecule has 9 heteroatoms. The fraction of sp³-hybridized carbons (Fsp3) is 0.704. The Morgan fingerprint density at radius 1 is 0.438 bits per heavy atom. The lowest BCUT2D eigenvalue weighted by Gasteiger charge is -2.26. The number of phosphoric ester groups is 1. The Bertz CT molecular complexity index is 1720. The number of unbranched alkanes of at least 4 members (excludes halogenated alkanes) is 26. The molecule has 8 nitrogen and oxygen atoms in total. The van der Waals surface area contributed by atoms with Crippen LogP contribution in [0.4, 0.5) is 0 Å². The summed E-state index contributed by atoms with van der Waals surface area (Å²) in [5.41, 5.74) is 0. The molecule has 0 aromatic heterocycles. The molecule has 0 aromatic carbocycles. The van der Waals surface area contributed by atoms with Gasteiger partial charge >= 0.3 is 7.82 Å². The predicted octanol–water partition coefficient (Wildman–Crippen LogP) is 20.9. The molecular formula is C71H126N2O6P+. The van der Waals surface area contributed by atoms with Crippen molar-refractivity contribution in [3.8, 4) is 0 Å². The van der Waals surface area contributed by atoms with Crippen molar-refractivity contribution in [3.63, 3.8) is 0 Å². The third-order valence-corrected chi connectivity index (χ3v) is 15.2. The van der Waals surface area contributed by atoms with Gasteiger partial charge in [0.25, 0.3) is 0 Å². The van der Waals surface area contributed by atoms with E-state index in [4.69, 9.17) is 9.05 Å². The van der Waals surface area contributed by atoms with Gasteiger partial charge in [-0.25, -0.2) is 4.57 Å². The Kier molecular flexibility index (Phi) is 58.1. The van der Waals surface area contributed by atoms with Crippen LogP contribution in [0.5, 0.6) is 0 Å². The van der Waals surface area contributed by atoms with Gasteiger partial charge in [-0.3, -0.25) is 13.8 Å². The molecule has 0 saturated carbocycles. The van der Waals surface area contributed by atoms with E-state index in [0.717, 1.165) is 116 Å². The van der Waals surface area contributed by atoms with Crippen molar-refractivity contribution in [2.45, 2.75) is 283 Å². The van der Waals surface area contributed by atoms with E-state index in [9.17, 15) is 19.4 Å². The standard InChI is InChI=1S/C71H125N2O6P/c1-6-8-10-12-14-16-18-20-22-24-26-28-29-30-31-32-33-34-35-36-37-38-39-40-41-42-43-45-47-49-51-53-55-57-59-61-63-65-71(75)72-69(68-79-80(76,77)78-67-66-73(3,4)5)70(74)64-62-60-58-56-54-52-50-48-46-44-27-25-23-21-19-17-15-13-11-9-7-2/h8,10,14,16,20,22,26,28,30-31,33-34,36-37,39-40,42-43,47,49,69-70,74H,6-7,9,11-13,15,17-19,21,23-25,27,29,32,35,38,41,44-46,48,50-68H2,1-5H3,(H-,72,75,76,77)/p+1/b10-8-,16-14-,22-20-,28-26-,31-30-,34-33-,37-36-,40-39-,43-42-,49-47-. The summed E-state index contributed by atoms with van der Waals surface area (Å²) in [6.45, 7) is 4.77. The molecule has 0 rings (SSSR count). The van der Waals surface area contributed by atoms with Crippen LogP contribution in [-0.2, 0) is 18.4 Å². The Balaban J connectivity index is 4.17. The van der Waals surface area contributed by atoms with Crippen LogP contribution in [0, 0.1) is 0 Å². The zero-order valence-electron chi connectivity index (χ0n) is 52.5. The number of likely N-dealkylation sites (N-methyl/N-ethyl adjacent to an activating group) is 1. The second-order valence-corrected chi connectivity index (χ2v) is 24.6. The maximum Gasteiger partial charge on any atom is 0.472 e. The molecular weight excluding hydrogens is 1010 g/mol. The Labute approximate surface area is 494 Å². The first kappa shape index (κ1) is 76.9. The largest absolute Gasteiger partial charge is 0.472 e. The van der Waals surface area contributed by atoms with E-state index in [2.05, 4.69) is 141 Å². The Hall–Kier alpha value is -3.10. The average molecular weight is 1130 g/mol. The number of carbonyl (C=O) groups is 1. The second-order valence-electron chi connectivity index (χ2n) is 23.1. The topological polar surface area (TPSA) is 105 Å². The maximum atomic E-state index is 13.0. The molecule has 80 heavy (non-hydrogen) atoms. The van der Waals surface area contributed by atoms with Gasteiger partial charge in [0.05, 0.1) is 39.9 Å². The maximum absolute atomic E-state index is 13.0. The average Bonchev–Trinajstić information content (AvgIpc) is 3.42. The number of amides is 1. The van der Waals surface area contributed by atoms with E-state index in [1.807, 2.05) is 21.1 Å². The molecule has 0 aliphatic heterocycles. The van der Waals surface area contributed by atoms with Gasteiger partial charge in [-0.15, -0.1) is 0 Å². The van der Waals surface area contributed by atoms with Gasteiger partial charge in [-0.2, -0.15) is 0 Å². The van der Waals surface area contributed by atoms with Crippen LogP contribution in [0.1, 0.15) is 271 Å². The SMILES string of the molecule is CC/C=C\C/C=C\C/C=C\C/C=C\C/C=C\C/C=C\C/C=C\C/C=C\C/C=C\C/C=C\CCCCCCCCC(=O)NC(COP(=O)(O)OCC[N+](C)(C)C)C(O)CCCCCCCCCCCCCCCCCCCCCCC. The van der Waals surface area contributed by atoms with Crippen LogP contribution >= 0.6 is 7.82 Å². The molecule has 0 fully saturated rings. The van der Waals surface area contributed by atoms with Gasteiger partial charge in [0, 0.05) is 6.42 Å². The van der Waals surface area contributed by atoms with Gasteiger partial charge in [0.1, 0.15) is 13.2 Å². The van der Waals surface area contributed by atoms with Gasteiger partial charge in [0.2, 0.25) is 5.91 Å². The van der Waals surface area contributed by atoms with Crippen LogP contribution in [-0.4, -0.2) is 73.4 Å². The number of quaternary nitrogens is 1. The van der Waals surface area contributed by atoms with Crippen LogP contribution in [0.2, 0.25) is 0 Å². The highest BCUT2D eigenvalue weighted by Gasteiger charge is 2.28. The summed E-state index contributed by atoms with van der Waals surface area (Å²) in [6, 6.07) is -0.779. The Morgan fingerprint density at radius 2 is 0.750 bits per heavy atom. The first-order valence-electron chi connectivity index (χ1n) is 32.9. The van der Waals surface area contributed by atoms with Gasteiger partial charge in [-0.05, 0) is 89.9 Å². The zero-order valence-corrected chi connectivity index (χ0v) is 53.4.